The molecule has 0 radical (unpaired) electrons. The van der Waals surface area contributed by atoms with Gasteiger partial charge in [-0.3, -0.25) is 4.79 Å². The van der Waals surface area contributed by atoms with Gasteiger partial charge in [0.25, 0.3) is 15.9 Å². The molecule has 1 aromatic heterocycles. The van der Waals surface area contributed by atoms with Crippen LogP contribution in [0.5, 0.6) is 0 Å². The number of anilines is 1. The van der Waals surface area contributed by atoms with Gasteiger partial charge in [0.15, 0.2) is 0 Å². The van der Waals surface area contributed by atoms with Crippen molar-refractivity contribution in [3.8, 4) is 0 Å². The number of nitrogens with one attached hydrogen (secondary N) is 2. The van der Waals surface area contributed by atoms with Crippen LogP contribution in [0.1, 0.15) is 15.9 Å². The number of carbonyl (C=O) groups is 1. The maximum absolute atomic E-state index is 12.9. The van der Waals surface area contributed by atoms with E-state index in [1.807, 2.05) is 25.1 Å². The van der Waals surface area contributed by atoms with Crippen molar-refractivity contribution in [3.05, 3.63) is 102 Å². The fourth-order valence-electron chi connectivity index (χ4n) is 2.90. The van der Waals surface area contributed by atoms with E-state index < -0.39 is 15.9 Å². The summed E-state index contributed by atoms with van der Waals surface area (Å²) in [6.45, 7) is 1.95. The summed E-state index contributed by atoms with van der Waals surface area (Å²) in [6, 6.07) is 23.8. The molecule has 0 saturated carbocycles. The molecular formula is C23H19N3O4S. The molecule has 1 amide bonds. The van der Waals surface area contributed by atoms with E-state index in [0.29, 0.717) is 16.7 Å². The lowest BCUT2D eigenvalue weighted by Gasteiger charge is -2.08. The van der Waals surface area contributed by atoms with Crippen LogP contribution in [0.15, 0.2) is 99.3 Å². The molecule has 0 aliphatic heterocycles. The number of rotatable bonds is 5. The molecule has 31 heavy (non-hydrogen) atoms. The Balaban J connectivity index is 1.75. The topological polar surface area (TPSA) is 101 Å². The van der Waals surface area contributed by atoms with Crippen LogP contribution < -0.4 is 15.7 Å². The molecule has 7 nitrogen and oxygen atoms in total. The maximum atomic E-state index is 12.9. The molecule has 2 N–H and O–H groups in total. The van der Waals surface area contributed by atoms with E-state index in [1.54, 1.807) is 54.6 Å². The molecule has 4 aromatic rings. The van der Waals surface area contributed by atoms with Crippen molar-refractivity contribution in [1.29, 1.82) is 0 Å². The van der Waals surface area contributed by atoms with E-state index in [4.69, 9.17) is 4.42 Å². The number of fused-ring (bicyclic) bond motifs is 1. The standard InChI is InChI=1S/C23H19N3O4S/c1-16-11-13-18(14-12-16)24-22(27)20-15-17-7-5-6-10-21(17)30-23(20)25-26-31(28,29)19-8-3-2-4-9-19/h2-15,26H,1H3,(H,24,27)/b25-23+. The molecule has 0 aliphatic carbocycles. The minimum atomic E-state index is -3.93. The number of hydrogen-bond donors (Lipinski definition) is 2. The lowest BCUT2D eigenvalue weighted by atomic mass is 10.1. The number of para-hydroxylation sites is 1. The first-order chi connectivity index (χ1) is 14.9. The molecule has 8 heteroatoms. The quantitative estimate of drug-likeness (QED) is 0.468. The number of hydrogen-bond acceptors (Lipinski definition) is 5. The molecule has 1 heterocycles. The highest BCUT2D eigenvalue weighted by molar-refractivity contribution is 7.89. The highest BCUT2D eigenvalue weighted by Gasteiger charge is 2.16. The number of nitrogens with zero attached hydrogens (tertiary/aromatic N) is 1. The smallest absolute Gasteiger partial charge is 0.276 e. The summed E-state index contributed by atoms with van der Waals surface area (Å²) in [6.07, 6.45) is 0. The van der Waals surface area contributed by atoms with Crippen LogP contribution in [0, 0.1) is 6.92 Å². The third-order valence-electron chi connectivity index (χ3n) is 4.53. The van der Waals surface area contributed by atoms with E-state index in [0.717, 1.165) is 5.56 Å². The van der Waals surface area contributed by atoms with E-state index in [1.165, 1.54) is 12.1 Å². The Labute approximate surface area is 179 Å². The van der Waals surface area contributed by atoms with Crippen molar-refractivity contribution in [2.24, 2.45) is 5.10 Å². The van der Waals surface area contributed by atoms with Crippen molar-refractivity contribution in [2.75, 3.05) is 5.32 Å². The molecule has 0 unspecified atom stereocenters. The summed E-state index contributed by atoms with van der Waals surface area (Å²) >= 11 is 0. The number of benzene rings is 3. The molecule has 0 spiro atoms. The fraction of sp³-hybridized carbons (Fsp3) is 0.0435. The number of amides is 1. The second kappa shape index (κ2) is 8.45. The Morgan fingerprint density at radius 1 is 0.903 bits per heavy atom. The van der Waals surface area contributed by atoms with Gasteiger partial charge in [-0.2, -0.15) is 13.2 Å². The predicted octanol–water partition coefficient (Wildman–Crippen LogP) is 3.79. The summed E-state index contributed by atoms with van der Waals surface area (Å²) in [7, 11) is -3.93. The van der Waals surface area contributed by atoms with E-state index in [2.05, 4.69) is 15.2 Å². The van der Waals surface area contributed by atoms with Crippen LogP contribution in [0.2, 0.25) is 0 Å². The summed E-state index contributed by atoms with van der Waals surface area (Å²) < 4.78 is 30.8. The number of aryl methyl sites for hydroxylation is 1. The molecule has 0 aliphatic rings. The Morgan fingerprint density at radius 2 is 1.58 bits per heavy atom. The van der Waals surface area contributed by atoms with Gasteiger partial charge in [-0.1, -0.05) is 54.1 Å². The summed E-state index contributed by atoms with van der Waals surface area (Å²) in [5.41, 5.74) is 2.06. The van der Waals surface area contributed by atoms with Gasteiger partial charge in [-0.25, -0.2) is 0 Å². The van der Waals surface area contributed by atoms with Gasteiger partial charge in [0, 0.05) is 11.1 Å². The minimum Gasteiger partial charge on any atom is -0.436 e. The van der Waals surface area contributed by atoms with Crippen LogP contribution in [0.3, 0.4) is 0 Å². The first-order valence-electron chi connectivity index (χ1n) is 9.44. The summed E-state index contributed by atoms with van der Waals surface area (Å²) in [5.74, 6) is -0.476. The highest BCUT2D eigenvalue weighted by Crippen LogP contribution is 2.15. The Hall–Kier alpha value is -3.91. The Bertz CT molecular complexity index is 1410. The van der Waals surface area contributed by atoms with Crippen LogP contribution in [0.25, 0.3) is 11.0 Å². The molecule has 0 bridgehead atoms. The first-order valence-corrected chi connectivity index (χ1v) is 10.9. The lowest BCUT2D eigenvalue weighted by Crippen LogP contribution is -2.27. The third-order valence-corrected chi connectivity index (χ3v) is 5.76. The molecule has 156 valence electrons. The van der Waals surface area contributed by atoms with Gasteiger partial charge >= 0.3 is 0 Å². The van der Waals surface area contributed by atoms with Crippen LogP contribution in [-0.4, -0.2) is 14.3 Å². The summed E-state index contributed by atoms with van der Waals surface area (Å²) in [5, 5.41) is 7.38. The largest absolute Gasteiger partial charge is 0.436 e. The molecule has 0 saturated heterocycles. The van der Waals surface area contributed by atoms with Crippen molar-refractivity contribution in [1.82, 2.24) is 4.83 Å². The highest BCUT2D eigenvalue weighted by atomic mass is 32.2. The average molecular weight is 433 g/mol. The van der Waals surface area contributed by atoms with Crippen molar-refractivity contribution < 1.29 is 17.6 Å². The van der Waals surface area contributed by atoms with Gasteiger partial charge in [0.1, 0.15) is 11.1 Å². The molecule has 4 rings (SSSR count). The van der Waals surface area contributed by atoms with Gasteiger partial charge in [-0.05, 0) is 43.3 Å². The van der Waals surface area contributed by atoms with Crippen LogP contribution in [0.4, 0.5) is 5.69 Å². The molecule has 0 atom stereocenters. The second-order valence-electron chi connectivity index (χ2n) is 6.84. The van der Waals surface area contributed by atoms with Crippen molar-refractivity contribution in [3.63, 3.8) is 0 Å². The SMILES string of the molecule is Cc1ccc(NC(=O)c2cc3ccccc3o/c2=N/NS(=O)(=O)c2ccccc2)cc1. The van der Waals surface area contributed by atoms with E-state index in [9.17, 15) is 13.2 Å². The summed E-state index contributed by atoms with van der Waals surface area (Å²) in [4.78, 5) is 15.1. The number of sulfonamides is 1. The minimum absolute atomic E-state index is 0.0465. The average Bonchev–Trinajstić information content (AvgIpc) is 2.79. The van der Waals surface area contributed by atoms with Gasteiger partial charge < -0.3 is 9.73 Å². The number of carbonyl (C=O) groups excluding carboxylic acids is 1. The van der Waals surface area contributed by atoms with Gasteiger partial charge in [-0.15, -0.1) is 5.10 Å². The molecule has 0 fully saturated rings. The Kier molecular flexibility index (Phi) is 5.55. The van der Waals surface area contributed by atoms with Crippen molar-refractivity contribution in [2.45, 2.75) is 11.8 Å². The monoisotopic (exact) mass is 433 g/mol. The van der Waals surface area contributed by atoms with Gasteiger partial charge in [0.2, 0.25) is 5.55 Å². The second-order valence-corrected chi connectivity index (χ2v) is 8.50. The third kappa shape index (κ3) is 4.65. The van der Waals surface area contributed by atoms with Crippen LogP contribution in [-0.2, 0) is 10.0 Å². The fourth-order valence-corrected chi connectivity index (χ4v) is 3.73. The Morgan fingerprint density at radius 3 is 2.32 bits per heavy atom. The predicted molar refractivity (Wildman–Crippen MR) is 118 cm³/mol. The van der Waals surface area contributed by atoms with Gasteiger partial charge in [0.05, 0.1) is 4.90 Å². The van der Waals surface area contributed by atoms with E-state index >= 15 is 0 Å². The maximum Gasteiger partial charge on any atom is 0.276 e. The zero-order valence-corrected chi connectivity index (χ0v) is 17.4. The van der Waals surface area contributed by atoms with E-state index in [-0.39, 0.29) is 16.0 Å². The first kappa shape index (κ1) is 20.4. The lowest BCUT2D eigenvalue weighted by molar-refractivity contribution is 0.102. The molecular weight excluding hydrogens is 414 g/mol. The van der Waals surface area contributed by atoms with Crippen molar-refractivity contribution >= 4 is 32.6 Å². The zero-order valence-electron chi connectivity index (χ0n) is 16.6. The normalized spacial score (nSPS) is 12.0. The van der Waals surface area contributed by atoms with Crippen LogP contribution >= 0.6 is 0 Å². The zero-order chi connectivity index (χ0) is 21.8. The molecule has 3 aromatic carbocycles.